The van der Waals surface area contributed by atoms with E-state index in [0.29, 0.717) is 17.5 Å². The lowest BCUT2D eigenvalue weighted by molar-refractivity contribution is 0.669. The zero-order valence-corrected chi connectivity index (χ0v) is 25.5. The van der Waals surface area contributed by atoms with E-state index in [1.165, 1.54) is 0 Å². The van der Waals surface area contributed by atoms with Crippen molar-refractivity contribution >= 4 is 54.8 Å². The highest BCUT2D eigenvalue weighted by molar-refractivity contribution is 6.18. The Balaban J connectivity index is 1.23. The standard InChI is InChI=1S/C42H24N4O2/c1-2-9-25(10-3-1)26-18-20-27(21-19-26)40-44-41(31-12-6-16-35-37(31)29-11-4-5-15-34(29)47-35)46-42(45-40)32-13-7-17-36-38(32)30-22-23-33-28(39(30)48-36)14-8-24-43-33/h1-24H. The van der Waals surface area contributed by atoms with Crippen LogP contribution in [0.3, 0.4) is 0 Å². The number of para-hydroxylation sites is 1. The molecule has 0 bridgehead atoms. The first-order chi connectivity index (χ1) is 23.8. The molecule has 4 aromatic heterocycles. The van der Waals surface area contributed by atoms with Crippen LogP contribution in [0.15, 0.2) is 155 Å². The molecule has 0 unspecified atom stereocenters. The third-order valence-electron chi connectivity index (χ3n) is 9.01. The van der Waals surface area contributed by atoms with E-state index in [9.17, 15) is 0 Å². The van der Waals surface area contributed by atoms with E-state index in [4.69, 9.17) is 23.8 Å². The van der Waals surface area contributed by atoms with Gasteiger partial charge in [0, 0.05) is 49.8 Å². The number of furan rings is 2. The zero-order valence-electron chi connectivity index (χ0n) is 25.5. The van der Waals surface area contributed by atoms with Gasteiger partial charge in [-0.3, -0.25) is 4.98 Å². The molecule has 224 valence electrons. The lowest BCUT2D eigenvalue weighted by Crippen LogP contribution is -2.00. The predicted molar refractivity (Wildman–Crippen MR) is 191 cm³/mol. The van der Waals surface area contributed by atoms with E-state index in [-0.39, 0.29) is 0 Å². The van der Waals surface area contributed by atoms with Gasteiger partial charge < -0.3 is 8.83 Å². The van der Waals surface area contributed by atoms with Crippen molar-refractivity contribution in [1.29, 1.82) is 0 Å². The summed E-state index contributed by atoms with van der Waals surface area (Å²) in [7, 11) is 0. The first kappa shape index (κ1) is 26.5. The SMILES string of the molecule is c1ccc(-c2ccc(-c3nc(-c4cccc5oc6ccccc6c45)nc(-c4cccc5oc6c7cccnc7ccc6c45)n3)cc2)cc1. The van der Waals surface area contributed by atoms with Gasteiger partial charge in [0.15, 0.2) is 17.5 Å². The molecule has 6 aromatic carbocycles. The Hall–Kier alpha value is -6.66. The average Bonchev–Trinajstić information content (AvgIpc) is 3.74. The summed E-state index contributed by atoms with van der Waals surface area (Å²) in [6, 6.07) is 46.9. The van der Waals surface area contributed by atoms with Crippen LogP contribution in [0.2, 0.25) is 0 Å². The normalized spacial score (nSPS) is 11.8. The predicted octanol–water partition coefficient (Wildman–Crippen LogP) is 10.9. The summed E-state index contributed by atoms with van der Waals surface area (Å²) in [6.07, 6.45) is 1.80. The molecule has 6 heteroatoms. The third-order valence-corrected chi connectivity index (χ3v) is 9.01. The number of rotatable bonds is 4. The van der Waals surface area contributed by atoms with Crippen LogP contribution in [0, 0.1) is 0 Å². The Bertz CT molecular complexity index is 2840. The first-order valence-electron chi connectivity index (χ1n) is 15.8. The molecule has 10 aromatic rings. The highest BCUT2D eigenvalue weighted by atomic mass is 16.3. The molecule has 0 spiro atoms. The molecule has 6 nitrogen and oxygen atoms in total. The summed E-state index contributed by atoms with van der Waals surface area (Å²) >= 11 is 0. The fourth-order valence-corrected chi connectivity index (χ4v) is 6.77. The fraction of sp³-hybridized carbons (Fsp3) is 0. The van der Waals surface area contributed by atoms with E-state index in [2.05, 4.69) is 65.6 Å². The van der Waals surface area contributed by atoms with E-state index in [1.54, 1.807) is 6.20 Å². The first-order valence-corrected chi connectivity index (χ1v) is 15.8. The summed E-state index contributed by atoms with van der Waals surface area (Å²) in [5.41, 5.74) is 8.96. The Labute approximate surface area is 274 Å². The van der Waals surface area contributed by atoms with Gasteiger partial charge in [0.05, 0.1) is 5.52 Å². The number of nitrogens with zero attached hydrogens (tertiary/aromatic N) is 4. The van der Waals surface area contributed by atoms with Gasteiger partial charge in [0.2, 0.25) is 0 Å². The van der Waals surface area contributed by atoms with Crippen molar-refractivity contribution < 1.29 is 8.83 Å². The molecule has 0 radical (unpaired) electrons. The molecule has 0 saturated heterocycles. The number of hydrogen-bond donors (Lipinski definition) is 0. The Morgan fingerprint density at radius 1 is 0.375 bits per heavy atom. The number of aromatic nitrogens is 4. The molecule has 0 fully saturated rings. The van der Waals surface area contributed by atoms with Crippen molar-refractivity contribution in [1.82, 2.24) is 19.9 Å². The molecular weight excluding hydrogens is 592 g/mol. The molecule has 48 heavy (non-hydrogen) atoms. The van der Waals surface area contributed by atoms with Crippen molar-refractivity contribution in [3.63, 3.8) is 0 Å². The second-order valence-electron chi connectivity index (χ2n) is 11.8. The van der Waals surface area contributed by atoms with Crippen LogP contribution in [0.4, 0.5) is 0 Å². The molecule has 0 aliphatic carbocycles. The number of fused-ring (bicyclic) bond motifs is 8. The average molecular weight is 617 g/mol. The molecule has 0 saturated carbocycles. The number of pyridine rings is 1. The molecule has 4 heterocycles. The van der Waals surface area contributed by atoms with Gasteiger partial charge in [0.1, 0.15) is 22.3 Å². The van der Waals surface area contributed by atoms with Crippen LogP contribution >= 0.6 is 0 Å². The molecule has 0 aliphatic rings. The summed E-state index contributed by atoms with van der Waals surface area (Å²) in [5.74, 6) is 1.71. The van der Waals surface area contributed by atoms with Crippen molar-refractivity contribution in [3.8, 4) is 45.3 Å². The minimum atomic E-state index is 0.562. The van der Waals surface area contributed by atoms with E-state index >= 15 is 0 Å². The molecule has 0 aliphatic heterocycles. The molecule has 10 rings (SSSR count). The van der Waals surface area contributed by atoms with Crippen LogP contribution in [-0.2, 0) is 0 Å². The highest BCUT2D eigenvalue weighted by Crippen LogP contribution is 2.40. The van der Waals surface area contributed by atoms with E-state index in [1.807, 2.05) is 78.9 Å². The quantitative estimate of drug-likeness (QED) is 0.196. The van der Waals surface area contributed by atoms with Crippen LogP contribution < -0.4 is 0 Å². The van der Waals surface area contributed by atoms with Crippen LogP contribution in [0.1, 0.15) is 0 Å². The fourth-order valence-electron chi connectivity index (χ4n) is 6.77. The van der Waals surface area contributed by atoms with Crippen molar-refractivity contribution in [3.05, 3.63) is 146 Å². The minimum Gasteiger partial charge on any atom is -0.456 e. The van der Waals surface area contributed by atoms with E-state index < -0.39 is 0 Å². The van der Waals surface area contributed by atoms with Gasteiger partial charge in [-0.05, 0) is 53.6 Å². The maximum absolute atomic E-state index is 6.48. The lowest BCUT2D eigenvalue weighted by atomic mass is 10.0. The lowest BCUT2D eigenvalue weighted by Gasteiger charge is -2.10. The van der Waals surface area contributed by atoms with Crippen LogP contribution in [-0.4, -0.2) is 19.9 Å². The number of hydrogen-bond acceptors (Lipinski definition) is 6. The molecule has 0 atom stereocenters. The van der Waals surface area contributed by atoms with E-state index in [0.717, 1.165) is 82.6 Å². The molecule has 0 amide bonds. The highest BCUT2D eigenvalue weighted by Gasteiger charge is 2.21. The Morgan fingerprint density at radius 3 is 1.77 bits per heavy atom. The number of benzene rings is 6. The smallest absolute Gasteiger partial charge is 0.164 e. The summed E-state index contributed by atoms with van der Waals surface area (Å²) in [5, 5.41) is 4.89. The third kappa shape index (κ3) is 4.13. The molecule has 0 N–H and O–H groups in total. The topological polar surface area (TPSA) is 77.8 Å². The van der Waals surface area contributed by atoms with Gasteiger partial charge in [-0.1, -0.05) is 97.1 Å². The Morgan fingerprint density at radius 2 is 0.979 bits per heavy atom. The van der Waals surface area contributed by atoms with Crippen molar-refractivity contribution in [2.75, 3.05) is 0 Å². The summed E-state index contributed by atoms with van der Waals surface area (Å²) < 4.78 is 12.7. The minimum absolute atomic E-state index is 0.562. The summed E-state index contributed by atoms with van der Waals surface area (Å²) in [4.78, 5) is 20.0. The largest absolute Gasteiger partial charge is 0.456 e. The van der Waals surface area contributed by atoms with Gasteiger partial charge in [-0.25, -0.2) is 15.0 Å². The van der Waals surface area contributed by atoms with Crippen LogP contribution in [0.25, 0.3) is 100 Å². The van der Waals surface area contributed by atoms with Crippen LogP contribution in [0.5, 0.6) is 0 Å². The van der Waals surface area contributed by atoms with Crippen molar-refractivity contribution in [2.24, 2.45) is 0 Å². The van der Waals surface area contributed by atoms with Gasteiger partial charge in [0.25, 0.3) is 0 Å². The monoisotopic (exact) mass is 616 g/mol. The molecular formula is C42H24N4O2. The second kappa shape index (κ2) is 10.4. The van der Waals surface area contributed by atoms with Gasteiger partial charge in [-0.2, -0.15) is 0 Å². The summed E-state index contributed by atoms with van der Waals surface area (Å²) in [6.45, 7) is 0. The second-order valence-corrected chi connectivity index (χ2v) is 11.8. The van der Waals surface area contributed by atoms with Gasteiger partial charge >= 0.3 is 0 Å². The van der Waals surface area contributed by atoms with Gasteiger partial charge in [-0.15, -0.1) is 0 Å². The van der Waals surface area contributed by atoms with Crippen molar-refractivity contribution in [2.45, 2.75) is 0 Å². The maximum atomic E-state index is 6.48. The Kier molecular flexibility index (Phi) is 5.77. The maximum Gasteiger partial charge on any atom is 0.164 e. The zero-order chi connectivity index (χ0) is 31.6.